The number of carbonyl (C=O) groups is 1. The number of rotatable bonds is 8. The summed E-state index contributed by atoms with van der Waals surface area (Å²) in [7, 11) is 1.71. The first-order chi connectivity index (χ1) is 11.0. The van der Waals surface area contributed by atoms with Gasteiger partial charge in [0.25, 0.3) is 0 Å². The lowest BCUT2D eigenvalue weighted by Gasteiger charge is -2.18. The fourth-order valence-electron chi connectivity index (χ4n) is 2.11. The molecule has 0 aromatic heterocycles. The van der Waals surface area contributed by atoms with Crippen LogP contribution < -0.4 is 16.0 Å². The molecule has 0 heterocycles. The van der Waals surface area contributed by atoms with E-state index in [1.165, 1.54) is 6.42 Å². The fourth-order valence-corrected chi connectivity index (χ4v) is 2.11. The molecule has 0 spiro atoms. The Morgan fingerprint density at radius 1 is 1.08 bits per heavy atom. The molecule has 0 bridgehead atoms. The van der Waals surface area contributed by atoms with Gasteiger partial charge in [0.1, 0.15) is 0 Å². The number of hydrogen-bond acceptors (Lipinski definition) is 2. The normalized spacial score (nSPS) is 12.3. The maximum absolute atomic E-state index is 11.9. The highest BCUT2D eigenvalue weighted by Crippen LogP contribution is 2.06. The molecule has 0 radical (unpaired) electrons. The van der Waals surface area contributed by atoms with E-state index in [1.807, 2.05) is 30.3 Å². The van der Waals surface area contributed by atoms with Crippen LogP contribution in [0.5, 0.6) is 0 Å². The van der Waals surface area contributed by atoms with Crippen LogP contribution in [0.25, 0.3) is 0 Å². The lowest BCUT2D eigenvalue weighted by molar-refractivity contribution is -0.120. The number of benzene rings is 1. The first-order valence-corrected chi connectivity index (χ1v) is 8.29. The molecular formula is C18H31IN4O. The number of carbonyl (C=O) groups excluding carboxylic acids is 1. The average molecular weight is 446 g/mol. The topological polar surface area (TPSA) is 65.5 Å². The van der Waals surface area contributed by atoms with Crippen molar-refractivity contribution in [1.82, 2.24) is 16.0 Å². The van der Waals surface area contributed by atoms with Crippen molar-refractivity contribution >= 4 is 35.8 Å². The molecule has 1 aromatic carbocycles. The number of hydrogen-bond donors (Lipinski definition) is 3. The van der Waals surface area contributed by atoms with E-state index in [-0.39, 0.29) is 36.4 Å². The zero-order valence-electron chi connectivity index (χ0n) is 15.1. The number of aliphatic imine (C=N–C) groups is 1. The van der Waals surface area contributed by atoms with Crippen LogP contribution in [0.4, 0.5) is 0 Å². The third-order valence-electron chi connectivity index (χ3n) is 3.53. The monoisotopic (exact) mass is 446 g/mol. The first-order valence-electron chi connectivity index (χ1n) is 8.29. The highest BCUT2D eigenvalue weighted by atomic mass is 127. The zero-order chi connectivity index (χ0) is 17.1. The summed E-state index contributed by atoms with van der Waals surface area (Å²) in [4.78, 5) is 16.0. The fraction of sp³-hybridized carbons (Fsp3) is 0.556. The zero-order valence-corrected chi connectivity index (χ0v) is 17.5. The van der Waals surface area contributed by atoms with Crippen LogP contribution in [-0.4, -0.2) is 31.5 Å². The molecule has 5 nitrogen and oxygen atoms in total. The summed E-state index contributed by atoms with van der Waals surface area (Å²) in [6.07, 6.45) is 2.25. The van der Waals surface area contributed by atoms with Crippen molar-refractivity contribution in [2.45, 2.75) is 46.2 Å². The van der Waals surface area contributed by atoms with Gasteiger partial charge in [0.15, 0.2) is 5.96 Å². The highest BCUT2D eigenvalue weighted by Gasteiger charge is 2.08. The molecule has 136 valence electrons. The number of halogens is 1. The molecule has 0 saturated heterocycles. The minimum atomic E-state index is -0.0494. The number of nitrogens with one attached hydrogen (secondary N) is 3. The van der Waals surface area contributed by atoms with Crippen molar-refractivity contribution in [2.75, 3.05) is 13.6 Å². The van der Waals surface area contributed by atoms with E-state index in [9.17, 15) is 4.79 Å². The Morgan fingerprint density at radius 2 is 1.75 bits per heavy atom. The summed E-state index contributed by atoms with van der Waals surface area (Å²) < 4.78 is 0. The number of guanidine groups is 1. The quantitative estimate of drug-likeness (QED) is 0.327. The van der Waals surface area contributed by atoms with Crippen LogP contribution in [0.2, 0.25) is 0 Å². The predicted octanol–water partition coefficient (Wildman–Crippen LogP) is 2.91. The van der Waals surface area contributed by atoms with E-state index in [4.69, 9.17) is 0 Å². The molecule has 1 amide bonds. The summed E-state index contributed by atoms with van der Waals surface area (Å²) in [5, 5.41) is 9.25. The van der Waals surface area contributed by atoms with Crippen molar-refractivity contribution in [3.05, 3.63) is 35.9 Å². The van der Waals surface area contributed by atoms with Gasteiger partial charge in [-0.1, -0.05) is 44.2 Å². The maximum atomic E-state index is 11.9. The second kappa shape index (κ2) is 13.0. The standard InChI is InChI=1S/C18H30N4O.HI/c1-14(2)10-11-15(3)22-18(19-4)21-13-17(23)20-12-16-8-6-5-7-9-16;/h5-9,14-15H,10-13H2,1-4H3,(H,20,23)(H2,19,21,22);1H. The molecule has 0 fully saturated rings. The van der Waals surface area contributed by atoms with E-state index in [1.54, 1.807) is 7.05 Å². The summed E-state index contributed by atoms with van der Waals surface area (Å²) in [6, 6.07) is 10.2. The second-order valence-corrected chi connectivity index (χ2v) is 6.20. The minimum absolute atomic E-state index is 0. The van der Waals surface area contributed by atoms with E-state index < -0.39 is 0 Å². The van der Waals surface area contributed by atoms with Crippen molar-refractivity contribution in [2.24, 2.45) is 10.9 Å². The molecule has 1 aromatic rings. The molecule has 3 N–H and O–H groups in total. The van der Waals surface area contributed by atoms with Crippen molar-refractivity contribution in [3.8, 4) is 0 Å². The molecule has 0 aliphatic heterocycles. The van der Waals surface area contributed by atoms with Gasteiger partial charge < -0.3 is 16.0 Å². The Morgan fingerprint density at radius 3 is 2.33 bits per heavy atom. The highest BCUT2D eigenvalue weighted by molar-refractivity contribution is 14.0. The largest absolute Gasteiger partial charge is 0.354 e. The van der Waals surface area contributed by atoms with Crippen LogP contribution >= 0.6 is 24.0 Å². The third kappa shape index (κ3) is 10.5. The van der Waals surface area contributed by atoms with Crippen molar-refractivity contribution in [1.29, 1.82) is 0 Å². The van der Waals surface area contributed by atoms with E-state index >= 15 is 0 Å². The summed E-state index contributed by atoms with van der Waals surface area (Å²) >= 11 is 0. The average Bonchev–Trinajstić information content (AvgIpc) is 2.55. The molecule has 1 unspecified atom stereocenters. The summed E-state index contributed by atoms with van der Waals surface area (Å²) in [5.74, 6) is 1.31. The van der Waals surface area contributed by atoms with Crippen LogP contribution in [0.3, 0.4) is 0 Å². The molecule has 0 saturated carbocycles. The van der Waals surface area contributed by atoms with Gasteiger partial charge in [0, 0.05) is 19.6 Å². The van der Waals surface area contributed by atoms with Gasteiger partial charge in [0.05, 0.1) is 6.54 Å². The maximum Gasteiger partial charge on any atom is 0.239 e. The summed E-state index contributed by atoms with van der Waals surface area (Å²) in [5.41, 5.74) is 1.09. The molecule has 1 rings (SSSR count). The Bertz CT molecular complexity index is 491. The van der Waals surface area contributed by atoms with Crippen LogP contribution in [-0.2, 0) is 11.3 Å². The molecule has 6 heteroatoms. The van der Waals surface area contributed by atoms with Gasteiger partial charge in [-0.2, -0.15) is 0 Å². The van der Waals surface area contributed by atoms with Gasteiger partial charge in [-0.15, -0.1) is 24.0 Å². The van der Waals surface area contributed by atoms with Gasteiger partial charge in [-0.25, -0.2) is 0 Å². The first kappa shape index (κ1) is 22.7. The minimum Gasteiger partial charge on any atom is -0.354 e. The predicted molar refractivity (Wildman–Crippen MR) is 112 cm³/mol. The molecule has 24 heavy (non-hydrogen) atoms. The van der Waals surface area contributed by atoms with Crippen molar-refractivity contribution in [3.63, 3.8) is 0 Å². The lowest BCUT2D eigenvalue weighted by Crippen LogP contribution is -2.46. The second-order valence-electron chi connectivity index (χ2n) is 6.20. The lowest BCUT2D eigenvalue weighted by atomic mass is 10.0. The molecule has 0 aliphatic carbocycles. The van der Waals surface area contributed by atoms with Crippen LogP contribution in [0.1, 0.15) is 39.2 Å². The van der Waals surface area contributed by atoms with E-state index in [0.717, 1.165) is 12.0 Å². The Kier molecular flexibility index (Phi) is 12.3. The third-order valence-corrected chi connectivity index (χ3v) is 3.53. The van der Waals surface area contributed by atoms with E-state index in [2.05, 4.69) is 41.7 Å². The smallest absolute Gasteiger partial charge is 0.239 e. The Labute approximate surface area is 163 Å². The Balaban J connectivity index is 0.00000529. The number of amides is 1. The van der Waals surface area contributed by atoms with Crippen LogP contribution in [0.15, 0.2) is 35.3 Å². The van der Waals surface area contributed by atoms with Gasteiger partial charge >= 0.3 is 0 Å². The molecule has 1 atom stereocenters. The van der Waals surface area contributed by atoms with Gasteiger partial charge in [-0.3, -0.25) is 9.79 Å². The van der Waals surface area contributed by atoms with Gasteiger partial charge in [0.2, 0.25) is 5.91 Å². The Hall–Kier alpha value is -1.31. The van der Waals surface area contributed by atoms with Crippen LogP contribution in [0, 0.1) is 5.92 Å². The van der Waals surface area contributed by atoms with E-state index in [0.29, 0.717) is 24.5 Å². The number of nitrogens with zero attached hydrogens (tertiary/aromatic N) is 1. The molecular weight excluding hydrogens is 415 g/mol. The SMILES string of the molecule is CN=C(NCC(=O)NCc1ccccc1)NC(C)CCC(C)C.I. The molecule has 0 aliphatic rings. The van der Waals surface area contributed by atoms with Crippen molar-refractivity contribution < 1.29 is 4.79 Å². The van der Waals surface area contributed by atoms with Gasteiger partial charge in [-0.05, 0) is 31.2 Å². The summed E-state index contributed by atoms with van der Waals surface area (Å²) in [6.45, 7) is 7.32.